The number of carbonyl (C=O) groups is 1. The molecule has 34 heavy (non-hydrogen) atoms. The van der Waals surface area contributed by atoms with Crippen molar-refractivity contribution >= 4 is 27.3 Å². The maximum atomic E-state index is 13.7. The molecule has 0 N–H and O–H groups in total. The molecule has 0 saturated carbocycles. The highest BCUT2D eigenvalue weighted by Crippen LogP contribution is 2.39. The van der Waals surface area contributed by atoms with Crippen LogP contribution in [-0.4, -0.2) is 50.3 Å². The normalized spacial score (nSPS) is 19.6. The number of carbonyl (C=O) groups excluding carboxylic acids is 1. The Balaban J connectivity index is 1.31. The van der Waals surface area contributed by atoms with Crippen LogP contribution in [0.4, 0.5) is 0 Å². The SMILES string of the molecule is COc1ccc(S(=O)(=O)N2CCC(C(=O)N3CCc4sccc4[C@H]3c3ccccc3)CC2)cc1. The largest absolute Gasteiger partial charge is 0.497 e. The van der Waals surface area contributed by atoms with Crippen LogP contribution in [0.1, 0.15) is 34.9 Å². The molecular weight excluding hydrogens is 468 g/mol. The number of thiophene rings is 1. The molecule has 1 atom stereocenters. The van der Waals surface area contributed by atoms with Crippen molar-refractivity contribution in [2.45, 2.75) is 30.2 Å². The van der Waals surface area contributed by atoms with Gasteiger partial charge in [0.2, 0.25) is 15.9 Å². The first-order valence-corrected chi connectivity index (χ1v) is 13.9. The molecule has 3 aromatic rings. The molecule has 3 heterocycles. The van der Waals surface area contributed by atoms with Gasteiger partial charge in [-0.3, -0.25) is 4.79 Å². The molecule has 5 rings (SSSR count). The quantitative estimate of drug-likeness (QED) is 0.527. The molecule has 8 heteroatoms. The topological polar surface area (TPSA) is 66.9 Å². The average molecular weight is 497 g/mol. The number of fused-ring (bicyclic) bond motifs is 1. The van der Waals surface area contributed by atoms with Crippen LogP contribution in [0.25, 0.3) is 0 Å². The van der Waals surface area contributed by atoms with Crippen LogP contribution in [0.5, 0.6) is 5.75 Å². The molecule has 1 fully saturated rings. The van der Waals surface area contributed by atoms with Gasteiger partial charge >= 0.3 is 0 Å². The second kappa shape index (κ2) is 9.52. The van der Waals surface area contributed by atoms with Gasteiger partial charge in [0, 0.05) is 30.4 Å². The van der Waals surface area contributed by atoms with Gasteiger partial charge in [0.25, 0.3) is 0 Å². The Hall–Kier alpha value is -2.68. The van der Waals surface area contributed by atoms with Gasteiger partial charge in [0.15, 0.2) is 0 Å². The van der Waals surface area contributed by atoms with E-state index in [9.17, 15) is 13.2 Å². The van der Waals surface area contributed by atoms with Crippen LogP contribution in [0.3, 0.4) is 0 Å². The van der Waals surface area contributed by atoms with Crippen molar-refractivity contribution in [3.8, 4) is 5.75 Å². The molecule has 1 aromatic heterocycles. The van der Waals surface area contributed by atoms with Crippen LogP contribution >= 0.6 is 11.3 Å². The molecule has 2 aromatic carbocycles. The maximum absolute atomic E-state index is 13.7. The van der Waals surface area contributed by atoms with Crippen LogP contribution < -0.4 is 4.74 Å². The Morgan fingerprint density at radius 1 is 0.971 bits per heavy atom. The number of ether oxygens (including phenoxy) is 1. The summed E-state index contributed by atoms with van der Waals surface area (Å²) >= 11 is 1.76. The van der Waals surface area contributed by atoms with E-state index in [0.717, 1.165) is 12.0 Å². The van der Waals surface area contributed by atoms with E-state index in [1.54, 1.807) is 42.7 Å². The highest BCUT2D eigenvalue weighted by molar-refractivity contribution is 7.89. The molecule has 0 radical (unpaired) electrons. The number of piperidine rings is 1. The van der Waals surface area contributed by atoms with Crippen LogP contribution in [0.15, 0.2) is 70.9 Å². The number of hydrogen-bond acceptors (Lipinski definition) is 5. The van der Waals surface area contributed by atoms with E-state index >= 15 is 0 Å². The summed E-state index contributed by atoms with van der Waals surface area (Å²) in [5, 5.41) is 2.11. The van der Waals surface area contributed by atoms with Gasteiger partial charge in [0.05, 0.1) is 18.0 Å². The van der Waals surface area contributed by atoms with Crippen molar-refractivity contribution in [2.24, 2.45) is 5.92 Å². The minimum Gasteiger partial charge on any atom is -0.497 e. The standard InChI is InChI=1S/C26H28N2O4S2/c1-32-21-7-9-22(10-8-21)34(30,31)27-15-11-20(12-16-27)26(29)28-17-13-24-23(14-18-33-24)25(28)19-5-3-2-4-6-19/h2-10,14,18,20,25H,11-13,15-17H2,1H3/t25-/m1/s1. The fraction of sp³-hybridized carbons (Fsp3) is 0.346. The highest BCUT2D eigenvalue weighted by Gasteiger charge is 2.38. The van der Waals surface area contributed by atoms with Crippen LogP contribution in [0, 0.1) is 5.92 Å². The summed E-state index contributed by atoms with van der Waals surface area (Å²) < 4.78 is 32.8. The number of benzene rings is 2. The van der Waals surface area contributed by atoms with Crippen molar-refractivity contribution in [2.75, 3.05) is 26.7 Å². The number of sulfonamides is 1. The molecule has 0 aliphatic carbocycles. The molecule has 0 bridgehead atoms. The zero-order valence-corrected chi connectivity index (χ0v) is 20.7. The van der Waals surface area contributed by atoms with Gasteiger partial charge in [-0.1, -0.05) is 30.3 Å². The van der Waals surface area contributed by atoms with E-state index < -0.39 is 10.0 Å². The third-order valence-electron chi connectivity index (χ3n) is 6.86. The molecule has 6 nitrogen and oxygen atoms in total. The second-order valence-corrected chi connectivity index (χ2v) is 11.7. The van der Waals surface area contributed by atoms with Gasteiger partial charge < -0.3 is 9.64 Å². The summed E-state index contributed by atoms with van der Waals surface area (Å²) in [6, 6.07) is 18.7. The third kappa shape index (κ3) is 4.26. The van der Waals surface area contributed by atoms with Crippen molar-refractivity contribution in [1.82, 2.24) is 9.21 Å². The van der Waals surface area contributed by atoms with E-state index in [1.165, 1.54) is 14.7 Å². The van der Waals surface area contributed by atoms with Gasteiger partial charge in [-0.25, -0.2) is 8.42 Å². The summed E-state index contributed by atoms with van der Waals surface area (Å²) in [4.78, 5) is 17.3. The van der Waals surface area contributed by atoms with E-state index in [2.05, 4.69) is 23.6 Å². The fourth-order valence-electron chi connectivity index (χ4n) is 5.02. The molecule has 0 spiro atoms. The molecule has 2 aliphatic heterocycles. The first-order chi connectivity index (χ1) is 16.5. The summed E-state index contributed by atoms with van der Waals surface area (Å²) in [5.74, 6) is 0.576. The average Bonchev–Trinajstić information content (AvgIpc) is 3.37. The van der Waals surface area contributed by atoms with Crippen LogP contribution in [-0.2, 0) is 21.2 Å². The van der Waals surface area contributed by atoms with E-state index in [0.29, 0.717) is 38.2 Å². The lowest BCUT2D eigenvalue weighted by atomic mass is 9.89. The van der Waals surface area contributed by atoms with Crippen molar-refractivity contribution in [1.29, 1.82) is 0 Å². The lowest BCUT2D eigenvalue weighted by Gasteiger charge is -2.40. The summed E-state index contributed by atoms with van der Waals surface area (Å²) in [5.41, 5.74) is 2.34. The third-order valence-corrected chi connectivity index (χ3v) is 9.77. The first-order valence-electron chi connectivity index (χ1n) is 11.5. The lowest BCUT2D eigenvalue weighted by molar-refractivity contribution is -0.138. The zero-order chi connectivity index (χ0) is 23.7. The van der Waals surface area contributed by atoms with E-state index in [-0.39, 0.29) is 22.8 Å². The van der Waals surface area contributed by atoms with Gasteiger partial charge in [-0.15, -0.1) is 11.3 Å². The Bertz CT molecular complexity index is 1250. The number of methoxy groups -OCH3 is 1. The molecule has 0 unspecified atom stereocenters. The highest BCUT2D eigenvalue weighted by atomic mass is 32.2. The number of hydrogen-bond donors (Lipinski definition) is 0. The molecule has 2 aliphatic rings. The Labute approximate surface area is 204 Å². The molecule has 1 saturated heterocycles. The Morgan fingerprint density at radius 3 is 2.35 bits per heavy atom. The molecule has 178 valence electrons. The van der Waals surface area contributed by atoms with Crippen molar-refractivity contribution in [3.63, 3.8) is 0 Å². The second-order valence-electron chi connectivity index (χ2n) is 8.75. The summed E-state index contributed by atoms with van der Waals surface area (Å²) in [6.07, 6.45) is 1.93. The van der Waals surface area contributed by atoms with E-state index in [4.69, 9.17) is 4.74 Å². The van der Waals surface area contributed by atoms with Gasteiger partial charge in [0.1, 0.15) is 5.75 Å². The smallest absolute Gasteiger partial charge is 0.243 e. The van der Waals surface area contributed by atoms with Gasteiger partial charge in [-0.05, 0) is 66.1 Å². The van der Waals surface area contributed by atoms with E-state index in [1.807, 2.05) is 23.1 Å². The summed E-state index contributed by atoms with van der Waals surface area (Å²) in [7, 11) is -2.04. The Kier molecular flexibility index (Phi) is 6.46. The monoisotopic (exact) mass is 496 g/mol. The number of rotatable bonds is 5. The first kappa shape index (κ1) is 23.1. The minimum absolute atomic E-state index is 0.0789. The van der Waals surface area contributed by atoms with Crippen LogP contribution in [0.2, 0.25) is 0 Å². The zero-order valence-electron chi connectivity index (χ0n) is 19.1. The number of nitrogens with zero attached hydrogens (tertiary/aromatic N) is 2. The summed E-state index contributed by atoms with van der Waals surface area (Å²) in [6.45, 7) is 1.38. The maximum Gasteiger partial charge on any atom is 0.243 e. The minimum atomic E-state index is -3.59. The van der Waals surface area contributed by atoms with Crippen molar-refractivity contribution in [3.05, 3.63) is 82.0 Å². The predicted molar refractivity (Wildman–Crippen MR) is 132 cm³/mol. The van der Waals surface area contributed by atoms with Gasteiger partial charge in [-0.2, -0.15) is 4.31 Å². The predicted octanol–water partition coefficient (Wildman–Crippen LogP) is 4.33. The Morgan fingerprint density at radius 2 is 1.68 bits per heavy atom. The van der Waals surface area contributed by atoms with Crippen molar-refractivity contribution < 1.29 is 17.9 Å². The molecular formula is C26H28N2O4S2. The molecule has 1 amide bonds. The number of amides is 1. The lowest BCUT2D eigenvalue weighted by Crippen LogP contribution is -2.47. The fourth-order valence-corrected chi connectivity index (χ4v) is 7.40.